The summed E-state index contributed by atoms with van der Waals surface area (Å²) in [4.78, 5) is 15.9. The Bertz CT molecular complexity index is 591. The van der Waals surface area contributed by atoms with E-state index in [1.54, 1.807) is 12.1 Å². The standard InChI is InChI=1S/C12H16N4O2/c1-7-14-9-5-8(3-4-10(9)16(7)2)15-12(18)11(17)6-13/h3-5,11,17H,6,13H2,1-2H3,(H,15,18). The van der Waals surface area contributed by atoms with Gasteiger partial charge in [0.1, 0.15) is 11.9 Å². The molecule has 1 unspecified atom stereocenters. The van der Waals surface area contributed by atoms with Gasteiger partial charge in [0.2, 0.25) is 0 Å². The van der Waals surface area contributed by atoms with Crippen LogP contribution in [0.1, 0.15) is 5.82 Å². The van der Waals surface area contributed by atoms with Crippen molar-refractivity contribution in [2.45, 2.75) is 13.0 Å². The number of nitrogens with two attached hydrogens (primary N) is 1. The molecule has 1 heterocycles. The zero-order valence-electron chi connectivity index (χ0n) is 10.3. The van der Waals surface area contributed by atoms with Crippen LogP contribution in [0, 0.1) is 6.92 Å². The maximum Gasteiger partial charge on any atom is 0.254 e. The molecule has 96 valence electrons. The van der Waals surface area contributed by atoms with Crippen molar-refractivity contribution >= 4 is 22.6 Å². The van der Waals surface area contributed by atoms with Crippen molar-refractivity contribution in [2.24, 2.45) is 12.8 Å². The second-order valence-corrected chi connectivity index (χ2v) is 4.16. The van der Waals surface area contributed by atoms with E-state index >= 15 is 0 Å². The lowest BCUT2D eigenvalue weighted by Gasteiger charge is -2.09. The number of carbonyl (C=O) groups excluding carboxylic acids is 1. The number of aliphatic hydroxyl groups excluding tert-OH is 1. The summed E-state index contributed by atoms with van der Waals surface area (Å²) in [6.07, 6.45) is -1.19. The maximum absolute atomic E-state index is 11.5. The quantitative estimate of drug-likeness (QED) is 0.720. The third-order valence-corrected chi connectivity index (χ3v) is 2.90. The molecule has 1 aromatic heterocycles. The van der Waals surface area contributed by atoms with E-state index in [1.807, 2.05) is 24.6 Å². The van der Waals surface area contributed by atoms with Crippen molar-refractivity contribution in [1.29, 1.82) is 0 Å². The van der Waals surface area contributed by atoms with Gasteiger partial charge in [0.25, 0.3) is 5.91 Å². The molecule has 0 aliphatic rings. The highest BCUT2D eigenvalue weighted by Crippen LogP contribution is 2.19. The van der Waals surface area contributed by atoms with E-state index in [9.17, 15) is 9.90 Å². The molecule has 2 aromatic rings. The highest BCUT2D eigenvalue weighted by molar-refractivity contribution is 5.95. The Morgan fingerprint density at radius 1 is 1.61 bits per heavy atom. The SMILES string of the molecule is Cc1nc2cc(NC(=O)C(O)CN)ccc2n1C. The molecule has 1 amide bonds. The lowest BCUT2D eigenvalue weighted by atomic mass is 10.2. The van der Waals surface area contributed by atoms with E-state index in [1.165, 1.54) is 0 Å². The Balaban J connectivity index is 2.28. The molecule has 0 bridgehead atoms. The largest absolute Gasteiger partial charge is 0.382 e. The minimum atomic E-state index is -1.19. The highest BCUT2D eigenvalue weighted by Gasteiger charge is 2.13. The number of aryl methyl sites for hydroxylation is 2. The Labute approximate surface area is 104 Å². The lowest BCUT2D eigenvalue weighted by molar-refractivity contribution is -0.123. The van der Waals surface area contributed by atoms with Crippen LogP contribution in [0.15, 0.2) is 18.2 Å². The molecule has 6 nitrogen and oxygen atoms in total. The third kappa shape index (κ3) is 2.20. The topological polar surface area (TPSA) is 93.2 Å². The van der Waals surface area contributed by atoms with Crippen molar-refractivity contribution < 1.29 is 9.90 Å². The predicted octanol–water partition coefficient (Wildman–Crippen LogP) is 0.140. The number of nitrogens with one attached hydrogen (secondary N) is 1. The molecule has 6 heteroatoms. The molecule has 0 radical (unpaired) electrons. The molecule has 4 N–H and O–H groups in total. The average molecular weight is 248 g/mol. The van der Waals surface area contributed by atoms with Crippen LogP contribution in [0.3, 0.4) is 0 Å². The molecular weight excluding hydrogens is 232 g/mol. The number of aromatic nitrogens is 2. The Hall–Kier alpha value is -1.92. The van der Waals surface area contributed by atoms with Crippen molar-refractivity contribution in [3.05, 3.63) is 24.0 Å². The van der Waals surface area contributed by atoms with Crippen molar-refractivity contribution in [2.75, 3.05) is 11.9 Å². The first-order chi connectivity index (χ1) is 8.52. The van der Waals surface area contributed by atoms with Gasteiger partial charge in [0.15, 0.2) is 0 Å². The summed E-state index contributed by atoms with van der Waals surface area (Å²) in [6.45, 7) is 1.81. The number of carbonyl (C=O) groups is 1. The first-order valence-corrected chi connectivity index (χ1v) is 5.65. The van der Waals surface area contributed by atoms with E-state index in [4.69, 9.17) is 5.73 Å². The highest BCUT2D eigenvalue weighted by atomic mass is 16.3. The van der Waals surface area contributed by atoms with Crippen LogP contribution < -0.4 is 11.1 Å². The normalized spacial score (nSPS) is 12.7. The van der Waals surface area contributed by atoms with Crippen LogP contribution in [0.25, 0.3) is 11.0 Å². The van der Waals surface area contributed by atoms with E-state index < -0.39 is 12.0 Å². The monoisotopic (exact) mass is 248 g/mol. The fraction of sp³-hybridized carbons (Fsp3) is 0.333. The molecule has 1 atom stereocenters. The molecule has 0 aliphatic heterocycles. The predicted molar refractivity (Wildman–Crippen MR) is 69.1 cm³/mol. The minimum absolute atomic E-state index is 0.100. The van der Waals surface area contributed by atoms with E-state index in [2.05, 4.69) is 10.3 Å². The Morgan fingerprint density at radius 3 is 3.00 bits per heavy atom. The number of hydrogen-bond donors (Lipinski definition) is 3. The molecule has 0 saturated carbocycles. The van der Waals surface area contributed by atoms with Gasteiger partial charge in [-0.3, -0.25) is 4.79 Å². The van der Waals surface area contributed by atoms with Gasteiger partial charge in [0, 0.05) is 19.3 Å². The van der Waals surface area contributed by atoms with Crippen LogP contribution in [0.4, 0.5) is 5.69 Å². The molecule has 0 fully saturated rings. The summed E-state index contributed by atoms with van der Waals surface area (Å²) < 4.78 is 1.97. The molecule has 18 heavy (non-hydrogen) atoms. The molecule has 0 aliphatic carbocycles. The number of imidazole rings is 1. The van der Waals surface area contributed by atoms with Crippen LogP contribution in [0.5, 0.6) is 0 Å². The summed E-state index contributed by atoms with van der Waals surface area (Å²) in [7, 11) is 1.93. The Morgan fingerprint density at radius 2 is 2.33 bits per heavy atom. The number of rotatable bonds is 3. The van der Waals surface area contributed by atoms with E-state index in [0.717, 1.165) is 16.9 Å². The number of amides is 1. The smallest absolute Gasteiger partial charge is 0.254 e. The summed E-state index contributed by atoms with van der Waals surface area (Å²) in [6, 6.07) is 5.41. The van der Waals surface area contributed by atoms with Gasteiger partial charge in [0.05, 0.1) is 11.0 Å². The molecular formula is C12H16N4O2. The number of hydrogen-bond acceptors (Lipinski definition) is 4. The number of nitrogens with zero attached hydrogens (tertiary/aromatic N) is 2. The van der Waals surface area contributed by atoms with Gasteiger partial charge >= 0.3 is 0 Å². The van der Waals surface area contributed by atoms with E-state index in [0.29, 0.717) is 5.69 Å². The van der Waals surface area contributed by atoms with Crippen molar-refractivity contribution in [3.63, 3.8) is 0 Å². The summed E-state index contributed by atoms with van der Waals surface area (Å²) in [5.74, 6) is 0.389. The molecule has 1 aromatic carbocycles. The number of anilines is 1. The van der Waals surface area contributed by atoms with E-state index in [-0.39, 0.29) is 6.54 Å². The fourth-order valence-electron chi connectivity index (χ4n) is 1.73. The zero-order valence-corrected chi connectivity index (χ0v) is 10.3. The second kappa shape index (κ2) is 4.75. The summed E-state index contributed by atoms with van der Waals surface area (Å²) in [5, 5.41) is 11.9. The molecule has 0 saturated heterocycles. The van der Waals surface area contributed by atoms with Gasteiger partial charge in [-0.05, 0) is 25.1 Å². The second-order valence-electron chi connectivity index (χ2n) is 4.16. The van der Waals surface area contributed by atoms with Gasteiger partial charge < -0.3 is 20.7 Å². The number of aliphatic hydroxyl groups is 1. The fourth-order valence-corrected chi connectivity index (χ4v) is 1.73. The van der Waals surface area contributed by atoms with Crippen LogP contribution in [-0.4, -0.2) is 33.2 Å². The zero-order chi connectivity index (χ0) is 13.3. The van der Waals surface area contributed by atoms with Crippen LogP contribution >= 0.6 is 0 Å². The number of fused-ring (bicyclic) bond motifs is 1. The van der Waals surface area contributed by atoms with Crippen molar-refractivity contribution in [3.8, 4) is 0 Å². The van der Waals surface area contributed by atoms with Crippen molar-refractivity contribution in [1.82, 2.24) is 9.55 Å². The Kier molecular flexibility index (Phi) is 3.31. The molecule has 2 rings (SSSR count). The van der Waals surface area contributed by atoms with Gasteiger partial charge in [-0.1, -0.05) is 0 Å². The van der Waals surface area contributed by atoms with Crippen LogP contribution in [-0.2, 0) is 11.8 Å². The first-order valence-electron chi connectivity index (χ1n) is 5.65. The summed E-state index contributed by atoms with van der Waals surface area (Å²) in [5.41, 5.74) is 7.60. The van der Waals surface area contributed by atoms with Gasteiger partial charge in [-0.2, -0.15) is 0 Å². The minimum Gasteiger partial charge on any atom is -0.382 e. The lowest BCUT2D eigenvalue weighted by Crippen LogP contribution is -2.34. The third-order valence-electron chi connectivity index (χ3n) is 2.90. The molecule has 0 spiro atoms. The average Bonchev–Trinajstić information content (AvgIpc) is 2.63. The van der Waals surface area contributed by atoms with Gasteiger partial charge in [-0.25, -0.2) is 4.98 Å². The maximum atomic E-state index is 11.5. The summed E-state index contributed by atoms with van der Waals surface area (Å²) >= 11 is 0. The number of benzene rings is 1. The first kappa shape index (κ1) is 12.5. The van der Waals surface area contributed by atoms with Crippen LogP contribution in [0.2, 0.25) is 0 Å². The van der Waals surface area contributed by atoms with Gasteiger partial charge in [-0.15, -0.1) is 0 Å².